The summed E-state index contributed by atoms with van der Waals surface area (Å²) in [5.74, 6) is 7.24. The van der Waals surface area contributed by atoms with E-state index in [0.717, 1.165) is 18.9 Å². The molecule has 1 aliphatic rings. The maximum atomic E-state index is 3.26. The van der Waals surface area contributed by atoms with E-state index < -0.39 is 0 Å². The molecule has 14 heavy (non-hydrogen) atoms. The van der Waals surface area contributed by atoms with Gasteiger partial charge in [0.15, 0.2) is 0 Å². The lowest BCUT2D eigenvalue weighted by Crippen LogP contribution is -2.33. The van der Waals surface area contributed by atoms with Gasteiger partial charge in [0.1, 0.15) is 0 Å². The predicted molar refractivity (Wildman–Crippen MR) is 61.2 cm³/mol. The number of hydrogen-bond donors (Lipinski definition) is 1. The van der Waals surface area contributed by atoms with Crippen LogP contribution < -0.4 is 5.32 Å². The molecule has 1 rings (SSSR count). The van der Waals surface area contributed by atoms with Gasteiger partial charge in [-0.3, -0.25) is 0 Å². The standard InChI is InChI=1S/C12H22N2/c1-3-14-10-7-12(8-11-14)6-4-5-9-13-2/h12-13H,3,6-11H2,1-2H3. The van der Waals surface area contributed by atoms with Crippen LogP contribution in [0.25, 0.3) is 0 Å². The Morgan fingerprint density at radius 1 is 1.29 bits per heavy atom. The Hall–Kier alpha value is -0.520. The van der Waals surface area contributed by atoms with Crippen molar-refractivity contribution in [1.82, 2.24) is 10.2 Å². The number of piperidine rings is 1. The molecule has 0 aromatic heterocycles. The van der Waals surface area contributed by atoms with Gasteiger partial charge in [-0.2, -0.15) is 0 Å². The van der Waals surface area contributed by atoms with E-state index in [-0.39, 0.29) is 0 Å². The minimum atomic E-state index is 0.827. The van der Waals surface area contributed by atoms with Crippen molar-refractivity contribution in [3.8, 4) is 11.8 Å². The van der Waals surface area contributed by atoms with Gasteiger partial charge in [0.05, 0.1) is 6.54 Å². The fourth-order valence-corrected chi connectivity index (χ4v) is 1.87. The van der Waals surface area contributed by atoms with Crippen LogP contribution in [0.1, 0.15) is 26.2 Å². The zero-order chi connectivity index (χ0) is 10.2. The van der Waals surface area contributed by atoms with Crippen molar-refractivity contribution in [2.45, 2.75) is 26.2 Å². The smallest absolute Gasteiger partial charge is 0.0574 e. The zero-order valence-electron chi connectivity index (χ0n) is 9.47. The van der Waals surface area contributed by atoms with Crippen molar-refractivity contribution in [3.63, 3.8) is 0 Å². The number of likely N-dealkylation sites (tertiary alicyclic amines) is 1. The quantitative estimate of drug-likeness (QED) is 0.682. The summed E-state index contributed by atoms with van der Waals surface area (Å²) in [4.78, 5) is 2.53. The molecule has 0 aromatic rings. The van der Waals surface area contributed by atoms with E-state index in [1.807, 2.05) is 7.05 Å². The first-order chi connectivity index (χ1) is 6.86. The third kappa shape index (κ3) is 4.13. The summed E-state index contributed by atoms with van der Waals surface area (Å²) >= 11 is 0. The Balaban J connectivity index is 2.13. The molecular weight excluding hydrogens is 172 g/mol. The van der Waals surface area contributed by atoms with E-state index in [4.69, 9.17) is 0 Å². The third-order valence-electron chi connectivity index (χ3n) is 2.94. The van der Waals surface area contributed by atoms with Crippen LogP contribution in [0.15, 0.2) is 0 Å². The van der Waals surface area contributed by atoms with Gasteiger partial charge in [-0.05, 0) is 45.4 Å². The van der Waals surface area contributed by atoms with Crippen LogP contribution in [-0.2, 0) is 0 Å². The number of rotatable bonds is 3. The van der Waals surface area contributed by atoms with Gasteiger partial charge in [-0.15, -0.1) is 5.92 Å². The molecule has 80 valence electrons. The number of nitrogens with zero attached hydrogens (tertiary/aromatic N) is 1. The molecule has 1 saturated heterocycles. The Morgan fingerprint density at radius 2 is 2.00 bits per heavy atom. The van der Waals surface area contributed by atoms with Gasteiger partial charge in [-0.25, -0.2) is 0 Å². The Morgan fingerprint density at radius 3 is 2.57 bits per heavy atom. The molecule has 0 unspecified atom stereocenters. The molecule has 0 spiro atoms. The maximum absolute atomic E-state index is 3.26. The minimum Gasteiger partial charge on any atom is -0.309 e. The number of hydrogen-bond acceptors (Lipinski definition) is 2. The summed E-state index contributed by atoms with van der Waals surface area (Å²) in [5.41, 5.74) is 0. The molecule has 0 amide bonds. The first-order valence-electron chi connectivity index (χ1n) is 5.69. The summed E-state index contributed by atoms with van der Waals surface area (Å²) in [5, 5.41) is 3.04. The molecule has 0 bridgehead atoms. The van der Waals surface area contributed by atoms with Gasteiger partial charge in [0, 0.05) is 6.42 Å². The van der Waals surface area contributed by atoms with Crippen molar-refractivity contribution in [2.24, 2.45) is 5.92 Å². The van der Waals surface area contributed by atoms with Crippen LogP contribution in [0, 0.1) is 17.8 Å². The van der Waals surface area contributed by atoms with Crippen LogP contribution in [0.2, 0.25) is 0 Å². The Kier molecular flexibility index (Phi) is 5.66. The number of nitrogens with one attached hydrogen (secondary N) is 1. The highest BCUT2D eigenvalue weighted by molar-refractivity contribution is 5.01. The molecule has 1 N–H and O–H groups in total. The molecule has 1 aliphatic heterocycles. The predicted octanol–water partition coefficient (Wildman–Crippen LogP) is 1.33. The van der Waals surface area contributed by atoms with Crippen LogP contribution in [0.3, 0.4) is 0 Å². The molecule has 0 atom stereocenters. The Bertz CT molecular complexity index is 194. The monoisotopic (exact) mass is 194 g/mol. The molecule has 2 nitrogen and oxygen atoms in total. The van der Waals surface area contributed by atoms with E-state index >= 15 is 0 Å². The summed E-state index contributed by atoms with van der Waals surface area (Å²) in [7, 11) is 1.94. The molecule has 2 heteroatoms. The fourth-order valence-electron chi connectivity index (χ4n) is 1.87. The lowest BCUT2D eigenvalue weighted by Gasteiger charge is -2.29. The first kappa shape index (κ1) is 11.6. The lowest BCUT2D eigenvalue weighted by atomic mass is 9.94. The van der Waals surface area contributed by atoms with Gasteiger partial charge in [0.25, 0.3) is 0 Å². The fraction of sp³-hybridized carbons (Fsp3) is 0.833. The van der Waals surface area contributed by atoms with Crippen molar-refractivity contribution < 1.29 is 0 Å². The van der Waals surface area contributed by atoms with Crippen molar-refractivity contribution in [1.29, 1.82) is 0 Å². The van der Waals surface area contributed by atoms with E-state index in [1.54, 1.807) is 0 Å². The normalized spacial score (nSPS) is 19.0. The second-order valence-electron chi connectivity index (χ2n) is 3.97. The lowest BCUT2D eigenvalue weighted by molar-refractivity contribution is 0.194. The van der Waals surface area contributed by atoms with Crippen LogP contribution in [0.5, 0.6) is 0 Å². The topological polar surface area (TPSA) is 15.3 Å². The summed E-state index contributed by atoms with van der Waals surface area (Å²) in [6.45, 7) is 6.82. The molecule has 1 heterocycles. The van der Waals surface area contributed by atoms with Crippen LogP contribution in [-0.4, -0.2) is 38.1 Å². The molecule has 1 fully saturated rings. The van der Waals surface area contributed by atoms with Gasteiger partial charge in [0.2, 0.25) is 0 Å². The molecule has 0 radical (unpaired) electrons. The van der Waals surface area contributed by atoms with E-state index in [2.05, 4.69) is 29.0 Å². The second-order valence-corrected chi connectivity index (χ2v) is 3.97. The highest BCUT2D eigenvalue weighted by atomic mass is 15.1. The maximum Gasteiger partial charge on any atom is 0.0574 e. The summed E-state index contributed by atoms with van der Waals surface area (Å²) in [6.07, 6.45) is 3.77. The second kappa shape index (κ2) is 6.86. The van der Waals surface area contributed by atoms with Crippen LogP contribution in [0.4, 0.5) is 0 Å². The Labute approximate surface area is 88.1 Å². The SMILES string of the molecule is CCN1CCC(CC#CCNC)CC1. The van der Waals surface area contributed by atoms with Gasteiger partial charge in [-0.1, -0.05) is 12.8 Å². The van der Waals surface area contributed by atoms with Crippen LogP contribution >= 0.6 is 0 Å². The highest BCUT2D eigenvalue weighted by Gasteiger charge is 2.16. The summed E-state index contributed by atoms with van der Waals surface area (Å²) in [6, 6.07) is 0. The van der Waals surface area contributed by atoms with Crippen molar-refractivity contribution >= 4 is 0 Å². The molecule has 0 aromatic carbocycles. The average Bonchev–Trinajstić information content (AvgIpc) is 2.25. The van der Waals surface area contributed by atoms with E-state index in [1.165, 1.54) is 32.5 Å². The third-order valence-corrected chi connectivity index (χ3v) is 2.94. The molecule has 0 saturated carbocycles. The van der Waals surface area contributed by atoms with E-state index in [9.17, 15) is 0 Å². The molecular formula is C12H22N2. The van der Waals surface area contributed by atoms with E-state index in [0.29, 0.717) is 0 Å². The van der Waals surface area contributed by atoms with Crippen molar-refractivity contribution in [3.05, 3.63) is 0 Å². The zero-order valence-corrected chi connectivity index (χ0v) is 9.47. The van der Waals surface area contributed by atoms with Gasteiger partial charge < -0.3 is 10.2 Å². The minimum absolute atomic E-state index is 0.827. The average molecular weight is 194 g/mol. The highest BCUT2D eigenvalue weighted by Crippen LogP contribution is 2.19. The largest absolute Gasteiger partial charge is 0.309 e. The first-order valence-corrected chi connectivity index (χ1v) is 5.69. The van der Waals surface area contributed by atoms with Gasteiger partial charge >= 0.3 is 0 Å². The molecule has 0 aliphatic carbocycles. The van der Waals surface area contributed by atoms with Crippen molar-refractivity contribution in [2.75, 3.05) is 33.2 Å². The summed E-state index contributed by atoms with van der Waals surface area (Å²) < 4.78 is 0.